The molecule has 0 aliphatic heterocycles. The molecule has 0 amide bonds. The maximum Gasteiger partial charge on any atom is 0.185 e. The van der Waals surface area contributed by atoms with E-state index in [-0.39, 0.29) is 12.0 Å². The predicted octanol–water partition coefficient (Wildman–Crippen LogP) is 1.86. The minimum absolute atomic E-state index is 0.0338. The number of nitrogens with two attached hydrogens (primary N) is 1. The Morgan fingerprint density at radius 2 is 1.97 bits per heavy atom. The van der Waals surface area contributed by atoms with E-state index in [9.17, 15) is 5.11 Å². The van der Waals surface area contributed by atoms with Crippen LogP contribution in [-0.2, 0) is 0 Å². The summed E-state index contributed by atoms with van der Waals surface area (Å²) in [6, 6.07) is 7.52. The van der Waals surface area contributed by atoms with E-state index >= 15 is 0 Å². The second kappa shape index (κ2) is 7.02. The number of hydrogen-bond acceptors (Lipinski definition) is 7. The summed E-state index contributed by atoms with van der Waals surface area (Å²) in [5.74, 6) is 1.97. The first-order chi connectivity index (χ1) is 14.1. The van der Waals surface area contributed by atoms with Crippen molar-refractivity contribution in [3.05, 3.63) is 48.2 Å². The van der Waals surface area contributed by atoms with Gasteiger partial charge in [-0.3, -0.25) is 10.1 Å². The molecule has 0 radical (unpaired) electrons. The number of aromatic amines is 1. The molecule has 4 N–H and O–H groups in total. The number of aromatic nitrogens is 7. The van der Waals surface area contributed by atoms with Crippen molar-refractivity contribution in [3.63, 3.8) is 0 Å². The molecule has 1 aliphatic carbocycles. The third-order valence-electron chi connectivity index (χ3n) is 5.59. The van der Waals surface area contributed by atoms with E-state index in [1.165, 1.54) is 0 Å². The summed E-state index contributed by atoms with van der Waals surface area (Å²) in [4.78, 5) is 14.1. The SMILES string of the molecule is Cc1[nH]ncc1-c1nc([C@H]2CC[C@@H](N)[C@H](O)C2)n(-c2cnc3ccccc3n2)n1. The van der Waals surface area contributed by atoms with Crippen molar-refractivity contribution in [2.45, 2.75) is 44.2 Å². The lowest BCUT2D eigenvalue weighted by Crippen LogP contribution is -2.40. The fourth-order valence-corrected chi connectivity index (χ4v) is 3.90. The van der Waals surface area contributed by atoms with Gasteiger partial charge in [-0.2, -0.15) is 9.78 Å². The molecular formula is C20H22N8O. The summed E-state index contributed by atoms with van der Waals surface area (Å²) in [5.41, 5.74) is 9.35. The molecule has 5 rings (SSSR count). The molecule has 0 unspecified atom stereocenters. The highest BCUT2D eigenvalue weighted by atomic mass is 16.3. The minimum atomic E-state index is -0.555. The lowest BCUT2D eigenvalue weighted by Gasteiger charge is -2.30. The van der Waals surface area contributed by atoms with E-state index in [2.05, 4.69) is 15.2 Å². The van der Waals surface area contributed by atoms with Crippen molar-refractivity contribution in [2.24, 2.45) is 5.73 Å². The molecule has 4 aromatic rings. The van der Waals surface area contributed by atoms with E-state index in [1.54, 1.807) is 17.1 Å². The van der Waals surface area contributed by atoms with Crippen LogP contribution in [0.2, 0.25) is 0 Å². The van der Waals surface area contributed by atoms with Crippen LogP contribution in [0.25, 0.3) is 28.2 Å². The summed E-state index contributed by atoms with van der Waals surface area (Å²) in [6.45, 7) is 1.93. The van der Waals surface area contributed by atoms with E-state index in [0.717, 1.165) is 41.0 Å². The minimum Gasteiger partial charge on any atom is -0.391 e. The highest BCUT2D eigenvalue weighted by Crippen LogP contribution is 2.34. The van der Waals surface area contributed by atoms with E-state index in [1.807, 2.05) is 31.2 Å². The van der Waals surface area contributed by atoms with Gasteiger partial charge in [0.25, 0.3) is 0 Å². The van der Waals surface area contributed by atoms with Crippen LogP contribution < -0.4 is 5.73 Å². The van der Waals surface area contributed by atoms with Crippen molar-refractivity contribution in [3.8, 4) is 17.2 Å². The van der Waals surface area contributed by atoms with Gasteiger partial charge in [0, 0.05) is 17.7 Å². The molecular weight excluding hydrogens is 368 g/mol. The third-order valence-corrected chi connectivity index (χ3v) is 5.59. The number of nitrogens with zero attached hydrogens (tertiary/aromatic N) is 6. The molecule has 1 aromatic carbocycles. The quantitative estimate of drug-likeness (QED) is 0.486. The van der Waals surface area contributed by atoms with Crippen molar-refractivity contribution in [2.75, 3.05) is 0 Å². The van der Waals surface area contributed by atoms with Gasteiger partial charge in [0.05, 0.1) is 35.1 Å². The normalized spacial score (nSPS) is 22.2. The average molecular weight is 390 g/mol. The van der Waals surface area contributed by atoms with Crippen molar-refractivity contribution >= 4 is 11.0 Å². The summed E-state index contributed by atoms with van der Waals surface area (Å²) in [5, 5.41) is 22.1. The maximum absolute atomic E-state index is 10.3. The summed E-state index contributed by atoms with van der Waals surface area (Å²) >= 11 is 0. The average Bonchev–Trinajstić information content (AvgIpc) is 3.36. The molecule has 1 aliphatic rings. The Morgan fingerprint density at radius 3 is 2.72 bits per heavy atom. The van der Waals surface area contributed by atoms with Gasteiger partial charge in [-0.1, -0.05) is 12.1 Å². The lowest BCUT2D eigenvalue weighted by atomic mass is 9.84. The summed E-state index contributed by atoms with van der Waals surface area (Å²) < 4.78 is 1.75. The molecule has 9 heteroatoms. The van der Waals surface area contributed by atoms with Crippen LogP contribution in [0.3, 0.4) is 0 Å². The zero-order valence-corrected chi connectivity index (χ0v) is 16.0. The van der Waals surface area contributed by atoms with Crippen LogP contribution in [0.4, 0.5) is 0 Å². The highest BCUT2D eigenvalue weighted by Gasteiger charge is 2.32. The second-order valence-electron chi connectivity index (χ2n) is 7.57. The molecule has 0 saturated heterocycles. The number of aryl methyl sites for hydroxylation is 1. The molecule has 1 saturated carbocycles. The number of rotatable bonds is 3. The number of benzene rings is 1. The van der Waals surface area contributed by atoms with Crippen LogP contribution in [-0.4, -0.2) is 52.2 Å². The number of hydrogen-bond donors (Lipinski definition) is 3. The number of para-hydroxylation sites is 2. The van der Waals surface area contributed by atoms with Gasteiger partial charge in [-0.05, 0) is 38.3 Å². The van der Waals surface area contributed by atoms with E-state index in [4.69, 9.17) is 20.8 Å². The monoisotopic (exact) mass is 390 g/mol. The van der Waals surface area contributed by atoms with Gasteiger partial charge in [-0.15, -0.1) is 5.10 Å². The van der Waals surface area contributed by atoms with Gasteiger partial charge >= 0.3 is 0 Å². The Balaban J connectivity index is 1.64. The molecule has 1 fully saturated rings. The van der Waals surface area contributed by atoms with Gasteiger partial charge in [-0.25, -0.2) is 9.97 Å². The molecule has 9 nitrogen and oxygen atoms in total. The Labute approximate surface area is 167 Å². The van der Waals surface area contributed by atoms with Crippen LogP contribution in [0.1, 0.15) is 36.7 Å². The van der Waals surface area contributed by atoms with Crippen LogP contribution >= 0.6 is 0 Å². The first kappa shape index (κ1) is 17.9. The smallest absolute Gasteiger partial charge is 0.185 e. The lowest BCUT2D eigenvalue weighted by molar-refractivity contribution is 0.0961. The maximum atomic E-state index is 10.3. The van der Waals surface area contributed by atoms with Crippen molar-refractivity contribution < 1.29 is 5.11 Å². The van der Waals surface area contributed by atoms with E-state index < -0.39 is 6.10 Å². The predicted molar refractivity (Wildman–Crippen MR) is 107 cm³/mol. The first-order valence-corrected chi connectivity index (χ1v) is 9.73. The number of nitrogens with one attached hydrogen (secondary N) is 1. The third kappa shape index (κ3) is 3.18. The van der Waals surface area contributed by atoms with Crippen molar-refractivity contribution in [1.82, 2.24) is 34.9 Å². The van der Waals surface area contributed by atoms with Gasteiger partial charge < -0.3 is 10.8 Å². The van der Waals surface area contributed by atoms with Crippen molar-refractivity contribution in [1.29, 1.82) is 0 Å². The first-order valence-electron chi connectivity index (χ1n) is 9.73. The van der Waals surface area contributed by atoms with Crippen LogP contribution in [0.5, 0.6) is 0 Å². The number of aliphatic hydroxyl groups is 1. The molecule has 148 valence electrons. The number of fused-ring (bicyclic) bond motifs is 1. The van der Waals surface area contributed by atoms with Crippen LogP contribution in [0, 0.1) is 6.92 Å². The largest absolute Gasteiger partial charge is 0.391 e. The Hall–Kier alpha value is -3.17. The zero-order valence-electron chi connectivity index (χ0n) is 16.0. The summed E-state index contributed by atoms with van der Waals surface area (Å²) in [7, 11) is 0. The number of H-pyrrole nitrogens is 1. The molecule has 3 heterocycles. The van der Waals surface area contributed by atoms with E-state index in [0.29, 0.717) is 18.1 Å². The topological polar surface area (TPSA) is 131 Å². The Bertz CT molecular complexity index is 1170. The molecule has 29 heavy (non-hydrogen) atoms. The molecule has 0 spiro atoms. The molecule has 3 aromatic heterocycles. The fraction of sp³-hybridized carbons (Fsp3) is 0.350. The summed E-state index contributed by atoms with van der Waals surface area (Å²) in [6.07, 6.45) is 4.99. The Kier molecular flexibility index (Phi) is 4.33. The fourth-order valence-electron chi connectivity index (χ4n) is 3.90. The van der Waals surface area contributed by atoms with Gasteiger partial charge in [0.2, 0.25) is 0 Å². The standard InChI is InChI=1S/C20H22N8O/c1-11-13(9-23-26-11)19-25-20(12-6-7-14(21)17(29)8-12)28(27-19)18-10-22-15-4-2-3-5-16(15)24-18/h2-5,9-10,12,14,17,29H,6-8,21H2,1H3,(H,23,26)/t12-,14+,17+/m0/s1. The van der Waals surface area contributed by atoms with Gasteiger partial charge in [0.1, 0.15) is 5.82 Å². The zero-order chi connectivity index (χ0) is 20.0. The highest BCUT2D eigenvalue weighted by molar-refractivity contribution is 5.74. The molecule has 3 atom stereocenters. The van der Waals surface area contributed by atoms with Gasteiger partial charge in [0.15, 0.2) is 11.6 Å². The Morgan fingerprint density at radius 1 is 1.14 bits per heavy atom. The second-order valence-corrected chi connectivity index (χ2v) is 7.57. The molecule has 0 bridgehead atoms. The number of aliphatic hydroxyl groups excluding tert-OH is 1. The van der Waals surface area contributed by atoms with Crippen LogP contribution in [0.15, 0.2) is 36.7 Å².